The number of ether oxygens (including phenoxy) is 1. The van der Waals surface area contributed by atoms with Crippen molar-refractivity contribution >= 4 is 29.1 Å². The molecule has 2 aromatic heterocycles. The molecule has 0 aromatic carbocycles. The number of nitrogens with zero attached hydrogens (tertiary/aromatic N) is 7. The molecule has 4 rings (SSSR count). The van der Waals surface area contributed by atoms with Crippen LogP contribution in [0.1, 0.15) is 5.69 Å². The molecule has 9 heteroatoms. The first kappa shape index (κ1) is 17.8. The van der Waals surface area contributed by atoms with Crippen LogP contribution in [0.3, 0.4) is 0 Å². The van der Waals surface area contributed by atoms with Gasteiger partial charge in [0.2, 0.25) is 0 Å². The van der Waals surface area contributed by atoms with Gasteiger partial charge in [-0.25, -0.2) is 15.0 Å². The van der Waals surface area contributed by atoms with E-state index in [4.69, 9.17) is 21.6 Å². The van der Waals surface area contributed by atoms with Crippen molar-refractivity contribution in [3.8, 4) is 6.07 Å². The summed E-state index contributed by atoms with van der Waals surface area (Å²) in [5.41, 5.74) is 0.266. The zero-order valence-corrected chi connectivity index (χ0v) is 15.6. The molecule has 4 heterocycles. The average molecular weight is 386 g/mol. The summed E-state index contributed by atoms with van der Waals surface area (Å²) < 4.78 is 5.41. The summed E-state index contributed by atoms with van der Waals surface area (Å²) in [6.45, 7) is 6.43. The van der Waals surface area contributed by atoms with Crippen LogP contribution in [0.5, 0.6) is 0 Å². The van der Waals surface area contributed by atoms with Gasteiger partial charge in [0.25, 0.3) is 0 Å². The molecule has 2 fully saturated rings. The maximum Gasteiger partial charge on any atom is 0.161 e. The summed E-state index contributed by atoms with van der Waals surface area (Å²) in [6, 6.07) is 7.68. The van der Waals surface area contributed by atoms with Gasteiger partial charge in [-0.3, -0.25) is 0 Å². The quantitative estimate of drug-likeness (QED) is 0.787. The second-order valence-corrected chi connectivity index (χ2v) is 6.83. The third-order valence-electron chi connectivity index (χ3n) is 4.84. The van der Waals surface area contributed by atoms with Gasteiger partial charge in [-0.05, 0) is 12.1 Å². The summed E-state index contributed by atoms with van der Waals surface area (Å²) in [4.78, 5) is 19.9. The second kappa shape index (κ2) is 7.94. The van der Waals surface area contributed by atoms with E-state index in [1.165, 1.54) is 0 Å². The molecular formula is C18H20ClN7O. The molecule has 2 aliphatic rings. The molecular weight excluding hydrogens is 366 g/mol. The number of rotatable bonds is 3. The molecule has 0 N–H and O–H groups in total. The van der Waals surface area contributed by atoms with Crippen LogP contribution < -0.4 is 14.7 Å². The van der Waals surface area contributed by atoms with Gasteiger partial charge in [-0.2, -0.15) is 5.26 Å². The highest BCUT2D eigenvalue weighted by atomic mass is 35.5. The zero-order valence-electron chi connectivity index (χ0n) is 14.9. The highest BCUT2D eigenvalue weighted by Gasteiger charge is 2.21. The first-order chi connectivity index (χ1) is 13.2. The van der Waals surface area contributed by atoms with E-state index in [9.17, 15) is 0 Å². The van der Waals surface area contributed by atoms with Crippen molar-refractivity contribution in [2.75, 3.05) is 67.2 Å². The van der Waals surface area contributed by atoms with Gasteiger partial charge in [-0.15, -0.1) is 0 Å². The largest absolute Gasteiger partial charge is 0.378 e. The van der Waals surface area contributed by atoms with E-state index in [1.807, 2.05) is 12.1 Å². The summed E-state index contributed by atoms with van der Waals surface area (Å²) >= 11 is 5.98. The molecule has 0 radical (unpaired) electrons. The topological polar surface area (TPSA) is 81.4 Å². The van der Waals surface area contributed by atoms with Crippen LogP contribution in [-0.4, -0.2) is 67.4 Å². The Labute approximate surface area is 163 Å². The average Bonchev–Trinajstić information content (AvgIpc) is 2.75. The lowest BCUT2D eigenvalue weighted by molar-refractivity contribution is 0.122. The molecule has 0 bridgehead atoms. The Bertz CT molecular complexity index is 842. The van der Waals surface area contributed by atoms with Crippen LogP contribution in [0, 0.1) is 11.3 Å². The first-order valence-corrected chi connectivity index (χ1v) is 9.33. The molecule has 0 atom stereocenters. The minimum Gasteiger partial charge on any atom is -0.378 e. The van der Waals surface area contributed by atoms with E-state index in [1.54, 1.807) is 12.4 Å². The standard InChI is InChI=1S/C18H20ClN7O/c19-14-1-2-16(23-15(14)12-20)24-3-5-25(6-4-24)17-11-18(22-13-21-17)26-7-9-27-10-8-26/h1-2,11,13H,3-10H2. The molecule has 0 saturated carbocycles. The number of hydrogen-bond acceptors (Lipinski definition) is 8. The van der Waals surface area contributed by atoms with Gasteiger partial charge >= 0.3 is 0 Å². The summed E-state index contributed by atoms with van der Waals surface area (Å²) in [7, 11) is 0. The Hall–Kier alpha value is -2.63. The van der Waals surface area contributed by atoms with Crippen molar-refractivity contribution in [3.05, 3.63) is 35.2 Å². The molecule has 0 amide bonds. The van der Waals surface area contributed by atoms with E-state index in [2.05, 4.69) is 35.7 Å². The van der Waals surface area contributed by atoms with E-state index >= 15 is 0 Å². The third kappa shape index (κ3) is 3.89. The number of anilines is 3. The number of halogens is 1. The number of hydrogen-bond donors (Lipinski definition) is 0. The van der Waals surface area contributed by atoms with E-state index in [-0.39, 0.29) is 5.69 Å². The lowest BCUT2D eigenvalue weighted by Gasteiger charge is -2.36. The lowest BCUT2D eigenvalue weighted by Crippen LogP contribution is -2.47. The molecule has 2 saturated heterocycles. The Balaban J connectivity index is 1.43. The van der Waals surface area contributed by atoms with Crippen LogP contribution in [0.2, 0.25) is 5.02 Å². The number of aromatic nitrogens is 3. The molecule has 8 nitrogen and oxygen atoms in total. The Morgan fingerprint density at radius 3 is 2.11 bits per heavy atom. The number of pyridine rings is 1. The molecule has 2 aromatic rings. The van der Waals surface area contributed by atoms with Gasteiger partial charge in [0.15, 0.2) is 5.69 Å². The highest BCUT2D eigenvalue weighted by molar-refractivity contribution is 6.31. The van der Waals surface area contributed by atoms with Crippen LogP contribution in [-0.2, 0) is 4.74 Å². The lowest BCUT2D eigenvalue weighted by atomic mass is 10.2. The molecule has 140 valence electrons. The van der Waals surface area contributed by atoms with Crippen molar-refractivity contribution in [1.29, 1.82) is 5.26 Å². The zero-order chi connectivity index (χ0) is 18.6. The highest BCUT2D eigenvalue weighted by Crippen LogP contribution is 2.23. The maximum atomic E-state index is 9.12. The van der Waals surface area contributed by atoms with Crippen molar-refractivity contribution in [3.63, 3.8) is 0 Å². The normalized spacial score (nSPS) is 17.7. The molecule has 27 heavy (non-hydrogen) atoms. The van der Waals surface area contributed by atoms with Crippen LogP contribution in [0.25, 0.3) is 0 Å². The van der Waals surface area contributed by atoms with E-state index in [0.29, 0.717) is 5.02 Å². The maximum absolute atomic E-state index is 9.12. The first-order valence-electron chi connectivity index (χ1n) is 8.96. The van der Waals surface area contributed by atoms with Crippen molar-refractivity contribution in [2.45, 2.75) is 0 Å². The third-order valence-corrected chi connectivity index (χ3v) is 5.14. The van der Waals surface area contributed by atoms with Crippen LogP contribution in [0.4, 0.5) is 17.5 Å². The molecule has 0 spiro atoms. The summed E-state index contributed by atoms with van der Waals surface area (Å²) in [5, 5.41) is 9.50. The van der Waals surface area contributed by atoms with Gasteiger partial charge in [-0.1, -0.05) is 11.6 Å². The van der Waals surface area contributed by atoms with Crippen LogP contribution >= 0.6 is 11.6 Å². The van der Waals surface area contributed by atoms with Gasteiger partial charge in [0.1, 0.15) is 29.9 Å². The fourth-order valence-corrected chi connectivity index (χ4v) is 3.47. The van der Waals surface area contributed by atoms with Gasteiger partial charge in [0, 0.05) is 45.3 Å². The Morgan fingerprint density at radius 2 is 1.48 bits per heavy atom. The number of morpholine rings is 1. The molecule has 0 unspecified atom stereocenters. The Morgan fingerprint density at radius 1 is 0.889 bits per heavy atom. The van der Waals surface area contributed by atoms with Crippen molar-refractivity contribution in [1.82, 2.24) is 15.0 Å². The summed E-state index contributed by atoms with van der Waals surface area (Å²) in [5.74, 6) is 2.67. The number of nitriles is 1. The van der Waals surface area contributed by atoms with Gasteiger partial charge < -0.3 is 19.4 Å². The molecule has 2 aliphatic heterocycles. The fourth-order valence-electron chi connectivity index (χ4n) is 3.33. The SMILES string of the molecule is N#Cc1nc(N2CCN(c3cc(N4CCOCC4)ncn3)CC2)ccc1Cl. The Kier molecular flexibility index (Phi) is 5.23. The monoisotopic (exact) mass is 385 g/mol. The smallest absolute Gasteiger partial charge is 0.161 e. The van der Waals surface area contributed by atoms with Crippen molar-refractivity contribution in [2.24, 2.45) is 0 Å². The predicted octanol–water partition coefficient (Wildman–Crippen LogP) is 1.56. The summed E-state index contributed by atoms with van der Waals surface area (Å²) in [6.07, 6.45) is 1.63. The predicted molar refractivity (Wildman–Crippen MR) is 103 cm³/mol. The van der Waals surface area contributed by atoms with E-state index in [0.717, 1.165) is 69.9 Å². The minimum atomic E-state index is 0.266. The molecule has 0 aliphatic carbocycles. The fraction of sp³-hybridized carbons (Fsp3) is 0.444. The van der Waals surface area contributed by atoms with E-state index < -0.39 is 0 Å². The minimum absolute atomic E-state index is 0.266. The second-order valence-electron chi connectivity index (χ2n) is 6.42. The van der Waals surface area contributed by atoms with Crippen molar-refractivity contribution < 1.29 is 4.74 Å². The van der Waals surface area contributed by atoms with Gasteiger partial charge in [0.05, 0.1) is 18.2 Å². The number of piperazine rings is 1. The van der Waals surface area contributed by atoms with Crippen LogP contribution in [0.15, 0.2) is 24.5 Å².